The fourth-order valence-electron chi connectivity index (χ4n) is 3.54. The fourth-order valence-corrected chi connectivity index (χ4v) is 3.87. The van der Waals surface area contributed by atoms with Gasteiger partial charge in [-0.3, -0.25) is 4.79 Å². The Morgan fingerprint density at radius 3 is 2.76 bits per heavy atom. The van der Waals surface area contributed by atoms with Gasteiger partial charge in [-0.15, -0.1) is 0 Å². The van der Waals surface area contributed by atoms with E-state index in [2.05, 4.69) is 26.2 Å². The minimum absolute atomic E-state index is 0.127. The highest BCUT2D eigenvalue weighted by Crippen LogP contribution is 2.28. The number of urea groups is 1. The number of benzene rings is 1. The third-order valence-electron chi connectivity index (χ3n) is 5.63. The molecular formula is C23H29BrN4O5. The normalized spacial score (nSPS) is 19.0. The minimum atomic E-state index is -0.425. The van der Waals surface area contributed by atoms with Crippen LogP contribution >= 0.6 is 15.9 Å². The van der Waals surface area contributed by atoms with Crippen molar-refractivity contribution < 1.29 is 24.2 Å². The van der Waals surface area contributed by atoms with E-state index in [0.29, 0.717) is 28.0 Å². The standard InChI is InChI=1S/C23H29BrN4O5/c1-14-11-28(15(2)13-29)22(30)19-9-16(24)10-25-21(19)33-20(14)12-27(3)23(31)26-17-5-7-18(32-4)8-6-17/h5-10,14-15,20,29H,11-13H2,1-4H3,(H,26,31)/t14-,15-,20-/m0/s1. The minimum Gasteiger partial charge on any atom is -0.497 e. The zero-order valence-electron chi connectivity index (χ0n) is 19.1. The lowest BCUT2D eigenvalue weighted by atomic mass is 10.0. The number of anilines is 1. The number of nitrogens with zero attached hydrogens (tertiary/aromatic N) is 3. The second-order valence-corrected chi connectivity index (χ2v) is 9.08. The van der Waals surface area contributed by atoms with Gasteiger partial charge in [0, 0.05) is 35.9 Å². The molecule has 1 aromatic carbocycles. The van der Waals surface area contributed by atoms with Crippen LogP contribution in [-0.4, -0.2) is 77.8 Å². The highest BCUT2D eigenvalue weighted by Gasteiger charge is 2.34. The van der Waals surface area contributed by atoms with Crippen LogP contribution in [0.4, 0.5) is 10.5 Å². The van der Waals surface area contributed by atoms with Crippen LogP contribution in [-0.2, 0) is 0 Å². The van der Waals surface area contributed by atoms with Crippen LogP contribution in [0.25, 0.3) is 0 Å². The molecule has 0 aliphatic carbocycles. The van der Waals surface area contributed by atoms with Gasteiger partial charge in [-0.1, -0.05) is 6.92 Å². The third kappa shape index (κ3) is 5.94. The molecule has 2 heterocycles. The lowest BCUT2D eigenvalue weighted by Gasteiger charge is -2.37. The number of carbonyl (C=O) groups excluding carboxylic acids is 2. The maximum atomic E-state index is 13.2. The summed E-state index contributed by atoms with van der Waals surface area (Å²) in [5, 5.41) is 12.5. The Bertz CT molecular complexity index is 987. The van der Waals surface area contributed by atoms with Crippen molar-refractivity contribution >= 4 is 33.6 Å². The van der Waals surface area contributed by atoms with Crippen LogP contribution in [0.15, 0.2) is 41.0 Å². The number of aliphatic hydroxyl groups excluding tert-OH is 1. The first-order valence-electron chi connectivity index (χ1n) is 10.6. The van der Waals surface area contributed by atoms with Gasteiger partial charge in [-0.2, -0.15) is 0 Å². The van der Waals surface area contributed by atoms with E-state index in [4.69, 9.17) is 9.47 Å². The van der Waals surface area contributed by atoms with Crippen molar-refractivity contribution in [3.8, 4) is 11.6 Å². The predicted octanol–water partition coefficient (Wildman–Crippen LogP) is 3.24. The monoisotopic (exact) mass is 520 g/mol. The summed E-state index contributed by atoms with van der Waals surface area (Å²) < 4.78 is 11.9. The number of pyridine rings is 1. The molecule has 0 radical (unpaired) electrons. The number of methoxy groups -OCH3 is 1. The van der Waals surface area contributed by atoms with E-state index >= 15 is 0 Å². The van der Waals surface area contributed by atoms with Crippen molar-refractivity contribution in [2.75, 3.05) is 39.2 Å². The first-order chi connectivity index (χ1) is 15.7. The quantitative estimate of drug-likeness (QED) is 0.605. The second kappa shape index (κ2) is 10.8. The van der Waals surface area contributed by atoms with E-state index in [-0.39, 0.29) is 42.9 Å². The van der Waals surface area contributed by atoms with Gasteiger partial charge in [0.1, 0.15) is 17.4 Å². The highest BCUT2D eigenvalue weighted by atomic mass is 79.9. The van der Waals surface area contributed by atoms with Crippen LogP contribution in [0.1, 0.15) is 24.2 Å². The summed E-state index contributed by atoms with van der Waals surface area (Å²) in [6, 6.07) is 8.05. The number of carbonyl (C=O) groups is 2. The summed E-state index contributed by atoms with van der Waals surface area (Å²) in [6.07, 6.45) is 1.14. The van der Waals surface area contributed by atoms with Gasteiger partial charge >= 0.3 is 6.03 Å². The molecule has 1 aliphatic heterocycles. The van der Waals surface area contributed by atoms with Gasteiger partial charge in [0.2, 0.25) is 5.88 Å². The Morgan fingerprint density at radius 1 is 1.42 bits per heavy atom. The molecule has 0 saturated carbocycles. The SMILES string of the molecule is COc1ccc(NC(=O)N(C)C[C@@H]2Oc3ncc(Br)cc3C(=O)N([C@@H](C)CO)C[C@@H]2C)cc1. The lowest BCUT2D eigenvalue weighted by molar-refractivity contribution is 0.0356. The Morgan fingerprint density at radius 2 is 2.12 bits per heavy atom. The van der Waals surface area contributed by atoms with Gasteiger partial charge in [0.05, 0.1) is 26.3 Å². The number of hydrogen-bond acceptors (Lipinski definition) is 6. The van der Waals surface area contributed by atoms with Gasteiger partial charge in [-0.05, 0) is 53.2 Å². The summed E-state index contributed by atoms with van der Waals surface area (Å²) >= 11 is 3.36. The number of nitrogens with one attached hydrogen (secondary N) is 1. The number of halogens is 1. The van der Waals surface area contributed by atoms with Crippen LogP contribution in [0, 0.1) is 5.92 Å². The molecule has 1 aromatic heterocycles. The molecule has 1 aliphatic rings. The lowest BCUT2D eigenvalue weighted by Crippen LogP contribution is -2.50. The number of rotatable bonds is 6. The number of ether oxygens (including phenoxy) is 2. The Labute approximate surface area is 201 Å². The number of fused-ring (bicyclic) bond motifs is 1. The van der Waals surface area contributed by atoms with Crippen molar-refractivity contribution in [1.29, 1.82) is 0 Å². The van der Waals surface area contributed by atoms with E-state index in [1.165, 1.54) is 4.90 Å². The van der Waals surface area contributed by atoms with E-state index < -0.39 is 6.10 Å². The molecule has 0 unspecified atom stereocenters. The number of likely N-dealkylation sites (N-methyl/N-ethyl adjacent to an activating group) is 1. The number of aliphatic hydroxyl groups is 1. The topological polar surface area (TPSA) is 104 Å². The molecule has 0 spiro atoms. The van der Waals surface area contributed by atoms with E-state index in [1.54, 1.807) is 62.5 Å². The van der Waals surface area contributed by atoms with Crippen molar-refractivity contribution in [2.45, 2.75) is 26.0 Å². The maximum Gasteiger partial charge on any atom is 0.321 e. The van der Waals surface area contributed by atoms with Crippen molar-refractivity contribution in [3.05, 3.63) is 46.6 Å². The van der Waals surface area contributed by atoms with Crippen LogP contribution in [0.5, 0.6) is 11.6 Å². The highest BCUT2D eigenvalue weighted by molar-refractivity contribution is 9.10. The molecule has 9 nitrogen and oxygen atoms in total. The summed E-state index contributed by atoms with van der Waals surface area (Å²) in [4.78, 5) is 33.4. The third-order valence-corrected chi connectivity index (χ3v) is 6.06. The summed E-state index contributed by atoms with van der Waals surface area (Å²) in [5.74, 6) is 0.528. The largest absolute Gasteiger partial charge is 0.497 e. The van der Waals surface area contributed by atoms with Crippen LogP contribution in [0.2, 0.25) is 0 Å². The Balaban J connectivity index is 1.79. The van der Waals surface area contributed by atoms with Crippen molar-refractivity contribution in [1.82, 2.24) is 14.8 Å². The molecule has 2 aromatic rings. The molecule has 33 heavy (non-hydrogen) atoms. The smallest absolute Gasteiger partial charge is 0.321 e. The fraction of sp³-hybridized carbons (Fsp3) is 0.435. The number of hydrogen-bond donors (Lipinski definition) is 2. The molecule has 10 heteroatoms. The summed E-state index contributed by atoms with van der Waals surface area (Å²) in [6.45, 7) is 4.22. The second-order valence-electron chi connectivity index (χ2n) is 8.17. The zero-order valence-corrected chi connectivity index (χ0v) is 20.7. The van der Waals surface area contributed by atoms with Gasteiger partial charge in [0.25, 0.3) is 5.91 Å². The summed E-state index contributed by atoms with van der Waals surface area (Å²) in [7, 11) is 3.27. The van der Waals surface area contributed by atoms with Crippen LogP contribution in [0.3, 0.4) is 0 Å². The molecule has 0 saturated heterocycles. The molecule has 3 rings (SSSR count). The molecule has 2 N–H and O–H groups in total. The van der Waals surface area contributed by atoms with Crippen molar-refractivity contribution in [3.63, 3.8) is 0 Å². The number of amides is 3. The molecule has 0 fully saturated rings. The maximum absolute atomic E-state index is 13.2. The summed E-state index contributed by atoms with van der Waals surface area (Å²) in [5.41, 5.74) is 0.955. The Hall–Kier alpha value is -2.85. The number of aromatic nitrogens is 1. The average Bonchev–Trinajstić information content (AvgIpc) is 2.81. The van der Waals surface area contributed by atoms with Gasteiger partial charge < -0.3 is 29.7 Å². The van der Waals surface area contributed by atoms with Gasteiger partial charge in [-0.25, -0.2) is 9.78 Å². The molecule has 178 valence electrons. The van der Waals surface area contributed by atoms with E-state index in [9.17, 15) is 14.7 Å². The molecule has 0 bridgehead atoms. The first kappa shape index (κ1) is 24.8. The van der Waals surface area contributed by atoms with E-state index in [1.807, 2.05) is 6.92 Å². The molecule has 3 amide bonds. The average molecular weight is 521 g/mol. The van der Waals surface area contributed by atoms with Crippen molar-refractivity contribution in [2.24, 2.45) is 5.92 Å². The van der Waals surface area contributed by atoms with Crippen LogP contribution < -0.4 is 14.8 Å². The molecular weight excluding hydrogens is 492 g/mol. The Kier molecular flexibility index (Phi) is 8.15. The zero-order chi connectivity index (χ0) is 24.1. The molecule has 3 atom stereocenters. The predicted molar refractivity (Wildman–Crippen MR) is 128 cm³/mol. The van der Waals surface area contributed by atoms with E-state index in [0.717, 1.165) is 0 Å². The van der Waals surface area contributed by atoms with Gasteiger partial charge in [0.15, 0.2) is 0 Å². The first-order valence-corrected chi connectivity index (χ1v) is 11.4.